The van der Waals surface area contributed by atoms with Gasteiger partial charge in [-0.25, -0.2) is 4.39 Å². The molecule has 0 aliphatic rings. The molecule has 6 nitrogen and oxygen atoms in total. The molecule has 146 valence electrons. The quantitative estimate of drug-likeness (QED) is 0.609. The van der Waals surface area contributed by atoms with Gasteiger partial charge in [0.25, 0.3) is 5.91 Å². The maximum atomic E-state index is 13.2. The largest absolute Gasteiger partial charge is 0.506 e. The van der Waals surface area contributed by atoms with Gasteiger partial charge in [0.1, 0.15) is 11.6 Å². The van der Waals surface area contributed by atoms with Crippen LogP contribution in [0.2, 0.25) is 5.02 Å². The molecule has 0 unspecified atom stereocenters. The van der Waals surface area contributed by atoms with Crippen LogP contribution in [0.15, 0.2) is 36.4 Å². The van der Waals surface area contributed by atoms with Gasteiger partial charge in [0.2, 0.25) is 5.91 Å². The Hall–Kier alpha value is -2.90. The van der Waals surface area contributed by atoms with Gasteiger partial charge in [-0.3, -0.25) is 14.2 Å². The zero-order valence-electron chi connectivity index (χ0n) is 15.0. The van der Waals surface area contributed by atoms with Crippen molar-refractivity contribution < 1.29 is 24.2 Å². The molecule has 0 saturated carbocycles. The Morgan fingerprint density at radius 2 is 1.89 bits per heavy atom. The highest BCUT2D eigenvalue weighted by molar-refractivity contribution is 6.33. The summed E-state index contributed by atoms with van der Waals surface area (Å²) in [6.45, 7) is 1.61. The van der Waals surface area contributed by atoms with Crippen molar-refractivity contribution in [3.05, 3.63) is 64.1 Å². The van der Waals surface area contributed by atoms with E-state index in [-0.39, 0.29) is 41.8 Å². The SMILES string of the molecule is Cc1c(CC(=O)NCCO)c2cc(O)c(Cl)cc2n1C(=O)c1ccc(F)cc1. The van der Waals surface area contributed by atoms with Crippen molar-refractivity contribution >= 4 is 34.3 Å². The molecular weight excluding hydrogens is 387 g/mol. The summed E-state index contributed by atoms with van der Waals surface area (Å²) < 4.78 is 14.6. The Bertz CT molecular complexity index is 1060. The molecule has 0 aliphatic heterocycles. The maximum Gasteiger partial charge on any atom is 0.262 e. The van der Waals surface area contributed by atoms with Crippen molar-refractivity contribution in [1.82, 2.24) is 9.88 Å². The number of aliphatic hydroxyl groups is 1. The molecule has 28 heavy (non-hydrogen) atoms. The monoisotopic (exact) mass is 404 g/mol. The molecule has 0 saturated heterocycles. The molecule has 1 amide bonds. The normalized spacial score (nSPS) is 11.0. The van der Waals surface area contributed by atoms with Crippen LogP contribution in [0.4, 0.5) is 4.39 Å². The third-order valence-corrected chi connectivity index (χ3v) is 4.77. The van der Waals surface area contributed by atoms with Crippen molar-refractivity contribution in [3.8, 4) is 5.75 Å². The van der Waals surface area contributed by atoms with Crippen LogP contribution < -0.4 is 5.32 Å². The maximum absolute atomic E-state index is 13.2. The highest BCUT2D eigenvalue weighted by Gasteiger charge is 2.22. The van der Waals surface area contributed by atoms with Crippen LogP contribution in [0.1, 0.15) is 21.6 Å². The molecule has 3 rings (SSSR count). The first-order valence-electron chi connectivity index (χ1n) is 8.53. The van der Waals surface area contributed by atoms with Crippen LogP contribution >= 0.6 is 11.6 Å². The van der Waals surface area contributed by atoms with E-state index in [0.717, 1.165) is 0 Å². The van der Waals surface area contributed by atoms with E-state index in [1.165, 1.54) is 41.0 Å². The molecule has 0 spiro atoms. The lowest BCUT2D eigenvalue weighted by atomic mass is 10.1. The van der Waals surface area contributed by atoms with Crippen molar-refractivity contribution in [2.45, 2.75) is 13.3 Å². The van der Waals surface area contributed by atoms with Gasteiger partial charge in [0.05, 0.1) is 23.6 Å². The molecule has 0 fully saturated rings. The highest BCUT2D eigenvalue weighted by atomic mass is 35.5. The number of nitrogens with zero attached hydrogens (tertiary/aromatic N) is 1. The third-order valence-electron chi connectivity index (χ3n) is 4.47. The van der Waals surface area contributed by atoms with Gasteiger partial charge in [0.15, 0.2) is 0 Å². The lowest BCUT2D eigenvalue weighted by Gasteiger charge is -2.08. The van der Waals surface area contributed by atoms with Gasteiger partial charge in [-0.15, -0.1) is 0 Å². The molecule has 0 atom stereocenters. The Labute approximate surface area is 165 Å². The zero-order valence-corrected chi connectivity index (χ0v) is 15.8. The Morgan fingerprint density at radius 1 is 1.21 bits per heavy atom. The summed E-state index contributed by atoms with van der Waals surface area (Å²) in [5, 5.41) is 22.0. The molecule has 3 N–H and O–H groups in total. The van der Waals surface area contributed by atoms with Gasteiger partial charge in [-0.05, 0) is 48.9 Å². The molecular formula is C20H18ClFN2O4. The van der Waals surface area contributed by atoms with Crippen molar-refractivity contribution in [3.63, 3.8) is 0 Å². The predicted octanol–water partition coefficient (Wildman–Crippen LogP) is 2.79. The van der Waals surface area contributed by atoms with E-state index in [9.17, 15) is 19.1 Å². The van der Waals surface area contributed by atoms with Gasteiger partial charge in [0, 0.05) is 23.2 Å². The number of rotatable bonds is 5. The first kappa shape index (κ1) is 19.9. The number of phenols is 1. The van der Waals surface area contributed by atoms with Crippen molar-refractivity contribution in [1.29, 1.82) is 0 Å². The molecule has 3 aromatic rings. The summed E-state index contributed by atoms with van der Waals surface area (Å²) in [5.74, 6) is -1.37. The van der Waals surface area contributed by atoms with Crippen LogP contribution in [0.25, 0.3) is 10.9 Å². The van der Waals surface area contributed by atoms with Gasteiger partial charge >= 0.3 is 0 Å². The highest BCUT2D eigenvalue weighted by Crippen LogP contribution is 2.34. The fraction of sp³-hybridized carbons (Fsp3) is 0.200. The second-order valence-electron chi connectivity index (χ2n) is 6.28. The molecule has 1 aromatic heterocycles. The van der Waals surface area contributed by atoms with Crippen molar-refractivity contribution in [2.75, 3.05) is 13.2 Å². The number of aromatic hydroxyl groups is 1. The number of phenolic OH excluding ortho intramolecular Hbond substituents is 1. The summed E-state index contributed by atoms with van der Waals surface area (Å²) >= 11 is 6.04. The Morgan fingerprint density at radius 3 is 2.54 bits per heavy atom. The Kier molecular flexibility index (Phi) is 5.67. The number of carbonyl (C=O) groups is 2. The first-order valence-corrected chi connectivity index (χ1v) is 8.91. The fourth-order valence-corrected chi connectivity index (χ4v) is 3.27. The molecule has 0 aliphatic carbocycles. The van der Waals surface area contributed by atoms with Gasteiger partial charge in [-0.2, -0.15) is 0 Å². The minimum Gasteiger partial charge on any atom is -0.506 e. The van der Waals surface area contributed by atoms with Crippen molar-refractivity contribution in [2.24, 2.45) is 0 Å². The molecule has 1 heterocycles. The van der Waals surface area contributed by atoms with Crippen LogP contribution in [0.5, 0.6) is 5.75 Å². The number of benzene rings is 2. The molecule has 0 radical (unpaired) electrons. The number of hydrogen-bond donors (Lipinski definition) is 3. The molecule has 8 heteroatoms. The number of hydrogen-bond acceptors (Lipinski definition) is 4. The fourth-order valence-electron chi connectivity index (χ4n) is 3.11. The first-order chi connectivity index (χ1) is 13.3. The zero-order chi connectivity index (χ0) is 20.4. The minimum absolute atomic E-state index is 0.0485. The van der Waals surface area contributed by atoms with Crippen LogP contribution in [0.3, 0.4) is 0 Å². The van der Waals surface area contributed by atoms with Crippen LogP contribution in [-0.4, -0.2) is 39.7 Å². The van der Waals surface area contributed by atoms with E-state index >= 15 is 0 Å². The van der Waals surface area contributed by atoms with E-state index in [2.05, 4.69) is 5.32 Å². The number of halogens is 2. The standard InChI is InChI=1S/C20H18ClFN2O4/c1-11-14(9-19(27)23-6-7-25)15-8-18(26)16(21)10-17(15)24(11)20(28)12-2-4-13(22)5-3-12/h2-5,8,10,25-26H,6-7,9H2,1H3,(H,23,27). The summed E-state index contributed by atoms with van der Waals surface area (Å²) in [6.07, 6.45) is -0.0485. The number of amides is 1. The van der Waals surface area contributed by atoms with E-state index in [4.69, 9.17) is 16.7 Å². The minimum atomic E-state index is -0.458. The lowest BCUT2D eigenvalue weighted by molar-refractivity contribution is -0.120. The topological polar surface area (TPSA) is 91.6 Å². The lowest BCUT2D eigenvalue weighted by Crippen LogP contribution is -2.28. The van der Waals surface area contributed by atoms with Crippen LogP contribution in [-0.2, 0) is 11.2 Å². The average molecular weight is 405 g/mol. The van der Waals surface area contributed by atoms with E-state index in [1.54, 1.807) is 6.92 Å². The summed E-state index contributed by atoms with van der Waals surface area (Å²) in [5.41, 5.74) is 1.75. The van der Waals surface area contributed by atoms with Crippen LogP contribution in [0, 0.1) is 12.7 Å². The van der Waals surface area contributed by atoms with Gasteiger partial charge < -0.3 is 15.5 Å². The van der Waals surface area contributed by atoms with E-state index in [0.29, 0.717) is 22.2 Å². The predicted molar refractivity (Wildman–Crippen MR) is 103 cm³/mol. The smallest absolute Gasteiger partial charge is 0.262 e. The second kappa shape index (κ2) is 8.00. The van der Waals surface area contributed by atoms with E-state index < -0.39 is 11.7 Å². The van der Waals surface area contributed by atoms with E-state index in [1.807, 2.05) is 0 Å². The van der Waals surface area contributed by atoms with Gasteiger partial charge in [-0.1, -0.05) is 11.6 Å². The Balaban J connectivity index is 2.15. The number of aliphatic hydroxyl groups excluding tert-OH is 1. The molecule has 2 aromatic carbocycles. The number of fused-ring (bicyclic) bond motifs is 1. The average Bonchev–Trinajstić information content (AvgIpc) is 2.91. The summed E-state index contributed by atoms with van der Waals surface area (Å²) in [7, 11) is 0. The second-order valence-corrected chi connectivity index (χ2v) is 6.69. The third kappa shape index (κ3) is 3.72. The summed E-state index contributed by atoms with van der Waals surface area (Å²) in [4.78, 5) is 25.2. The number of aromatic nitrogens is 1. The molecule has 0 bridgehead atoms. The summed E-state index contributed by atoms with van der Waals surface area (Å²) in [6, 6.07) is 7.99. The number of nitrogens with one attached hydrogen (secondary N) is 1. The number of carbonyl (C=O) groups excluding carboxylic acids is 2.